The van der Waals surface area contributed by atoms with Crippen molar-refractivity contribution in [3.05, 3.63) is 63.5 Å². The number of hydrogen-bond donors (Lipinski definition) is 2. The van der Waals surface area contributed by atoms with Gasteiger partial charge in [0.25, 0.3) is 5.91 Å². The summed E-state index contributed by atoms with van der Waals surface area (Å²) in [7, 11) is 1.65. The predicted octanol–water partition coefficient (Wildman–Crippen LogP) is 3.99. The molecule has 1 aliphatic rings. The Kier molecular flexibility index (Phi) is 7.49. The van der Waals surface area contributed by atoms with Crippen LogP contribution in [0.15, 0.2) is 41.8 Å². The van der Waals surface area contributed by atoms with Gasteiger partial charge in [0.15, 0.2) is 6.10 Å². The van der Waals surface area contributed by atoms with Crippen LogP contribution in [0.25, 0.3) is 22.6 Å². The lowest BCUT2D eigenvalue weighted by Gasteiger charge is -2.23. The summed E-state index contributed by atoms with van der Waals surface area (Å²) in [5.74, 6) is -0.870. The lowest BCUT2D eigenvalue weighted by atomic mass is 9.86. The SMILES string of the molecule is CNOCCNC(=O)C(C)OC(=O)c1c2c(nc3ccccc13)/C(=C/c1cccs1)CCC2. The first-order valence-electron chi connectivity index (χ1n) is 11.0. The van der Waals surface area contributed by atoms with Crippen LogP contribution in [-0.4, -0.2) is 43.2 Å². The number of pyridine rings is 1. The van der Waals surface area contributed by atoms with E-state index in [-0.39, 0.29) is 5.91 Å². The van der Waals surface area contributed by atoms with Crippen molar-refractivity contribution in [2.75, 3.05) is 20.2 Å². The number of ether oxygens (including phenoxy) is 1. The molecule has 8 heteroatoms. The van der Waals surface area contributed by atoms with Crippen molar-refractivity contribution < 1.29 is 19.2 Å². The summed E-state index contributed by atoms with van der Waals surface area (Å²) in [5.41, 5.74) is 6.64. The Morgan fingerprint density at radius 2 is 2.06 bits per heavy atom. The van der Waals surface area contributed by atoms with Crippen molar-refractivity contribution in [3.63, 3.8) is 0 Å². The van der Waals surface area contributed by atoms with Gasteiger partial charge in [-0.05, 0) is 60.9 Å². The van der Waals surface area contributed by atoms with Gasteiger partial charge >= 0.3 is 5.97 Å². The topological polar surface area (TPSA) is 89.5 Å². The third-order valence-electron chi connectivity index (χ3n) is 5.53. The van der Waals surface area contributed by atoms with Crippen molar-refractivity contribution in [2.24, 2.45) is 0 Å². The molecule has 1 aromatic carbocycles. The maximum atomic E-state index is 13.4. The maximum absolute atomic E-state index is 13.4. The first-order chi connectivity index (χ1) is 16.1. The second-order valence-corrected chi connectivity index (χ2v) is 8.74. The van der Waals surface area contributed by atoms with Gasteiger partial charge in [-0.2, -0.15) is 0 Å². The van der Waals surface area contributed by atoms with Crippen LogP contribution in [-0.2, 0) is 20.8 Å². The number of benzene rings is 1. The molecule has 0 aliphatic heterocycles. The van der Waals surface area contributed by atoms with E-state index in [0.29, 0.717) is 18.7 Å². The van der Waals surface area contributed by atoms with Gasteiger partial charge in [0.1, 0.15) is 0 Å². The Bertz CT molecular complexity index is 1170. The van der Waals surface area contributed by atoms with E-state index in [1.165, 1.54) is 0 Å². The number of hydroxylamine groups is 1. The first-order valence-corrected chi connectivity index (χ1v) is 11.9. The minimum absolute atomic E-state index is 0.310. The highest BCUT2D eigenvalue weighted by Gasteiger charge is 2.28. The van der Waals surface area contributed by atoms with Gasteiger partial charge in [0, 0.05) is 23.9 Å². The van der Waals surface area contributed by atoms with Crippen molar-refractivity contribution in [3.8, 4) is 0 Å². The fraction of sp³-hybridized carbons (Fsp3) is 0.320. The monoisotopic (exact) mass is 465 g/mol. The summed E-state index contributed by atoms with van der Waals surface area (Å²) in [6.07, 6.45) is 3.79. The molecule has 1 aliphatic carbocycles. The Labute approximate surface area is 196 Å². The highest BCUT2D eigenvalue weighted by atomic mass is 32.1. The highest BCUT2D eigenvalue weighted by Crippen LogP contribution is 2.37. The Morgan fingerprint density at radius 3 is 2.85 bits per heavy atom. The number of amides is 1. The number of fused-ring (bicyclic) bond motifs is 2. The molecule has 33 heavy (non-hydrogen) atoms. The van der Waals surface area contributed by atoms with Gasteiger partial charge in [-0.3, -0.25) is 4.79 Å². The van der Waals surface area contributed by atoms with Gasteiger partial charge in [-0.15, -0.1) is 11.3 Å². The molecule has 1 amide bonds. The number of hydrogen-bond acceptors (Lipinski definition) is 7. The number of nitrogens with one attached hydrogen (secondary N) is 2. The lowest BCUT2D eigenvalue weighted by Crippen LogP contribution is -2.38. The third kappa shape index (κ3) is 5.30. The van der Waals surface area contributed by atoms with E-state index >= 15 is 0 Å². The molecule has 0 saturated carbocycles. The van der Waals surface area contributed by atoms with Gasteiger partial charge < -0.3 is 14.9 Å². The van der Waals surface area contributed by atoms with Gasteiger partial charge in [-0.25, -0.2) is 15.3 Å². The van der Waals surface area contributed by atoms with Crippen LogP contribution in [0.3, 0.4) is 0 Å². The van der Waals surface area contributed by atoms with E-state index < -0.39 is 12.1 Å². The largest absolute Gasteiger partial charge is 0.449 e. The molecule has 0 saturated heterocycles. The molecule has 1 atom stereocenters. The quantitative estimate of drug-likeness (QED) is 0.297. The van der Waals surface area contributed by atoms with Crippen LogP contribution < -0.4 is 10.8 Å². The average Bonchev–Trinajstić information content (AvgIpc) is 3.33. The van der Waals surface area contributed by atoms with Crippen molar-refractivity contribution in [1.82, 2.24) is 15.8 Å². The summed E-state index contributed by atoms with van der Waals surface area (Å²) in [6, 6.07) is 11.7. The maximum Gasteiger partial charge on any atom is 0.339 e. The molecule has 7 nitrogen and oxygen atoms in total. The molecule has 172 valence electrons. The fourth-order valence-corrected chi connectivity index (χ4v) is 4.68. The minimum Gasteiger partial charge on any atom is -0.449 e. The summed E-state index contributed by atoms with van der Waals surface area (Å²) in [6.45, 7) is 2.20. The van der Waals surface area contributed by atoms with Crippen LogP contribution in [0.2, 0.25) is 0 Å². The van der Waals surface area contributed by atoms with E-state index in [4.69, 9.17) is 14.6 Å². The molecule has 0 radical (unpaired) electrons. The van der Waals surface area contributed by atoms with E-state index in [9.17, 15) is 9.59 Å². The number of aromatic nitrogens is 1. The number of thiophene rings is 1. The molecular weight excluding hydrogens is 438 g/mol. The molecule has 1 unspecified atom stereocenters. The third-order valence-corrected chi connectivity index (χ3v) is 6.35. The van der Waals surface area contributed by atoms with Crippen molar-refractivity contribution >= 4 is 45.8 Å². The molecule has 0 spiro atoms. The fourth-order valence-electron chi connectivity index (χ4n) is 4.00. The smallest absolute Gasteiger partial charge is 0.339 e. The van der Waals surface area contributed by atoms with Crippen LogP contribution in [0, 0.1) is 0 Å². The normalized spacial score (nSPS) is 15.3. The van der Waals surface area contributed by atoms with Crippen molar-refractivity contribution in [2.45, 2.75) is 32.3 Å². The van der Waals surface area contributed by atoms with Gasteiger partial charge in [-0.1, -0.05) is 24.3 Å². The number of carbonyl (C=O) groups excluding carboxylic acids is 2. The summed E-state index contributed by atoms with van der Waals surface area (Å²) in [4.78, 5) is 36.8. The minimum atomic E-state index is -0.931. The number of rotatable bonds is 8. The van der Waals surface area contributed by atoms with Gasteiger partial charge in [0.2, 0.25) is 0 Å². The molecule has 2 aromatic heterocycles. The first kappa shape index (κ1) is 23.1. The standard InChI is InChI=1S/C25H27N3O4S/c1-16(24(29)27-12-13-31-26-2)32-25(30)22-19-9-3-4-11-21(19)28-23-17(7-5-10-20(22)23)15-18-8-6-14-33-18/h3-4,6,8-9,11,14-16,26H,5,7,10,12-13H2,1-2H3,(H,27,29)/b17-15+. The summed E-state index contributed by atoms with van der Waals surface area (Å²) in [5, 5.41) is 5.49. The van der Waals surface area contributed by atoms with E-state index in [1.54, 1.807) is 25.3 Å². The predicted molar refractivity (Wildman–Crippen MR) is 130 cm³/mol. The summed E-state index contributed by atoms with van der Waals surface area (Å²) < 4.78 is 5.62. The number of allylic oxidation sites excluding steroid dienone is 1. The number of para-hydroxylation sites is 1. The zero-order valence-corrected chi connectivity index (χ0v) is 19.5. The highest BCUT2D eigenvalue weighted by molar-refractivity contribution is 7.10. The zero-order valence-electron chi connectivity index (χ0n) is 18.7. The average molecular weight is 466 g/mol. The number of nitrogens with zero attached hydrogens (tertiary/aromatic N) is 1. The number of esters is 1. The molecule has 0 bridgehead atoms. The zero-order chi connectivity index (χ0) is 23.2. The molecule has 2 heterocycles. The molecule has 4 rings (SSSR count). The van der Waals surface area contributed by atoms with Crippen LogP contribution in [0.4, 0.5) is 0 Å². The second-order valence-electron chi connectivity index (χ2n) is 7.76. The van der Waals surface area contributed by atoms with Gasteiger partial charge in [0.05, 0.1) is 23.4 Å². The van der Waals surface area contributed by atoms with E-state index in [0.717, 1.165) is 51.9 Å². The lowest BCUT2D eigenvalue weighted by molar-refractivity contribution is -0.129. The van der Waals surface area contributed by atoms with Crippen LogP contribution in [0.5, 0.6) is 0 Å². The number of carbonyl (C=O) groups is 2. The Balaban J connectivity index is 1.66. The second kappa shape index (κ2) is 10.7. The van der Waals surface area contributed by atoms with Crippen LogP contribution in [0.1, 0.15) is 46.3 Å². The van der Waals surface area contributed by atoms with E-state index in [1.807, 2.05) is 35.7 Å². The van der Waals surface area contributed by atoms with Crippen LogP contribution >= 0.6 is 11.3 Å². The summed E-state index contributed by atoms with van der Waals surface area (Å²) >= 11 is 1.67. The molecular formula is C25H27N3O4S. The van der Waals surface area contributed by atoms with E-state index in [2.05, 4.69) is 22.9 Å². The van der Waals surface area contributed by atoms with Crippen molar-refractivity contribution in [1.29, 1.82) is 0 Å². The molecule has 2 N–H and O–H groups in total. The molecule has 0 fully saturated rings. The Hall–Kier alpha value is -3.07. The molecule has 3 aromatic rings. The Morgan fingerprint density at radius 1 is 1.21 bits per heavy atom.